The van der Waals surface area contributed by atoms with Gasteiger partial charge in [0.05, 0.1) is 31.3 Å². The maximum absolute atomic E-state index is 8.81. The van der Waals surface area contributed by atoms with Crippen molar-refractivity contribution in [1.29, 1.82) is 5.26 Å². The van der Waals surface area contributed by atoms with Gasteiger partial charge in [0, 0.05) is 25.6 Å². The van der Waals surface area contributed by atoms with E-state index in [1.165, 1.54) is 0 Å². The average Bonchev–Trinajstić information content (AvgIpc) is 2.88. The van der Waals surface area contributed by atoms with Gasteiger partial charge in [0.15, 0.2) is 0 Å². The maximum Gasteiger partial charge on any atom is 0.259 e. The highest BCUT2D eigenvalue weighted by Gasteiger charge is 2.42. The van der Waals surface area contributed by atoms with E-state index in [9.17, 15) is 0 Å². The molecule has 0 amide bonds. The second kappa shape index (κ2) is 11.2. The van der Waals surface area contributed by atoms with Crippen molar-refractivity contribution in [3.63, 3.8) is 0 Å². The fraction of sp³-hybridized carbons (Fsp3) is 0.833. The van der Waals surface area contributed by atoms with Gasteiger partial charge in [0.25, 0.3) is 8.53 Å². The van der Waals surface area contributed by atoms with Crippen molar-refractivity contribution in [2.45, 2.75) is 84.0 Å². The van der Waals surface area contributed by atoms with E-state index in [0.29, 0.717) is 13.0 Å². The van der Waals surface area contributed by atoms with E-state index >= 15 is 0 Å². The molecule has 0 aliphatic carbocycles. The highest BCUT2D eigenvalue weighted by molar-refractivity contribution is 7.44. The van der Waals surface area contributed by atoms with Gasteiger partial charge in [-0.15, -0.1) is 6.58 Å². The lowest BCUT2D eigenvalue weighted by Gasteiger charge is -2.37. The van der Waals surface area contributed by atoms with E-state index in [-0.39, 0.29) is 36.5 Å². The maximum atomic E-state index is 8.81. The van der Waals surface area contributed by atoms with Crippen LogP contribution in [0.4, 0.5) is 0 Å². The van der Waals surface area contributed by atoms with E-state index < -0.39 is 8.53 Å². The Morgan fingerprint density at radius 2 is 2.00 bits per heavy atom. The molecule has 1 aliphatic rings. The van der Waals surface area contributed by atoms with Crippen molar-refractivity contribution < 1.29 is 18.5 Å². The summed E-state index contributed by atoms with van der Waals surface area (Å²) in [6, 6.07) is 2.65. The third-order valence-corrected chi connectivity index (χ3v) is 6.19. The number of nitrogens with zero attached hydrogens (tertiary/aromatic N) is 2. The fourth-order valence-electron chi connectivity index (χ4n) is 3.04. The summed E-state index contributed by atoms with van der Waals surface area (Å²) >= 11 is 0. The summed E-state index contributed by atoms with van der Waals surface area (Å²) < 4.78 is 26.1. The van der Waals surface area contributed by atoms with Crippen LogP contribution >= 0.6 is 8.53 Å². The number of hydrogen-bond donors (Lipinski definition) is 0. The lowest BCUT2D eigenvalue weighted by atomic mass is 10.1. The summed E-state index contributed by atoms with van der Waals surface area (Å²) in [5.41, 5.74) is 0. The molecule has 3 unspecified atom stereocenters. The lowest BCUT2D eigenvalue weighted by Crippen LogP contribution is -2.39. The molecule has 1 aliphatic heterocycles. The molecule has 1 saturated heterocycles. The molecular formula is C18H33N2O4P. The van der Waals surface area contributed by atoms with Crippen LogP contribution in [-0.4, -0.2) is 54.9 Å². The Balaban J connectivity index is 2.93. The molecule has 144 valence electrons. The molecule has 1 fully saturated rings. The first kappa shape index (κ1) is 22.5. The lowest BCUT2D eigenvalue weighted by molar-refractivity contribution is -0.0556. The molecular weight excluding hydrogens is 339 g/mol. The standard InChI is InChI=1S/C18H33N2O4P/c1-8-16(21-7)18-17(12-15(6)23-18)24-25(22-11-9-10-19)20(13(2)3)14(4)5/h8,13-18H,1,9,11-12H2,2-7H3/t15-,16?,17?,18+,25?/m0/s1. The zero-order chi connectivity index (χ0) is 19.0. The smallest absolute Gasteiger partial charge is 0.259 e. The van der Waals surface area contributed by atoms with Gasteiger partial charge in [0.1, 0.15) is 12.2 Å². The molecule has 0 bridgehead atoms. The van der Waals surface area contributed by atoms with Crippen molar-refractivity contribution in [3.05, 3.63) is 12.7 Å². The molecule has 7 heteroatoms. The van der Waals surface area contributed by atoms with Crippen LogP contribution in [0.1, 0.15) is 47.5 Å². The highest BCUT2D eigenvalue weighted by atomic mass is 31.2. The van der Waals surface area contributed by atoms with E-state index in [0.717, 1.165) is 6.42 Å². The number of nitriles is 1. The Bertz CT molecular complexity index is 433. The molecule has 0 aromatic carbocycles. The van der Waals surface area contributed by atoms with Crippen LogP contribution in [0.25, 0.3) is 0 Å². The zero-order valence-corrected chi connectivity index (χ0v) is 17.2. The Morgan fingerprint density at radius 3 is 2.48 bits per heavy atom. The molecule has 0 aromatic heterocycles. The van der Waals surface area contributed by atoms with Crippen molar-refractivity contribution in [2.75, 3.05) is 13.7 Å². The molecule has 6 nitrogen and oxygen atoms in total. The predicted molar refractivity (Wildman–Crippen MR) is 100 cm³/mol. The minimum Gasteiger partial charge on any atom is -0.375 e. The summed E-state index contributed by atoms with van der Waals surface area (Å²) in [5.74, 6) is 0. The van der Waals surface area contributed by atoms with Crippen LogP contribution in [0.3, 0.4) is 0 Å². The SMILES string of the molecule is C=CC(OC)[C@H]1O[C@@H](C)CC1OP(OCCC#N)N(C(C)C)C(C)C. The van der Waals surface area contributed by atoms with Crippen LogP contribution in [0.15, 0.2) is 12.7 Å². The number of rotatable bonds is 11. The van der Waals surface area contributed by atoms with Crippen molar-refractivity contribution >= 4 is 8.53 Å². The van der Waals surface area contributed by atoms with E-state index in [4.69, 9.17) is 23.8 Å². The van der Waals surface area contributed by atoms with E-state index in [2.05, 4.69) is 45.0 Å². The molecule has 5 atom stereocenters. The van der Waals surface area contributed by atoms with Gasteiger partial charge in [0.2, 0.25) is 0 Å². The van der Waals surface area contributed by atoms with Gasteiger partial charge in [-0.25, -0.2) is 4.67 Å². The zero-order valence-electron chi connectivity index (χ0n) is 16.3. The van der Waals surface area contributed by atoms with Crippen LogP contribution < -0.4 is 0 Å². The Hall–Kier alpha value is -0.540. The van der Waals surface area contributed by atoms with Crippen molar-refractivity contribution in [3.8, 4) is 6.07 Å². The van der Waals surface area contributed by atoms with E-state index in [1.807, 2.05) is 6.92 Å². The van der Waals surface area contributed by atoms with Crippen LogP contribution in [0.2, 0.25) is 0 Å². The topological polar surface area (TPSA) is 64.0 Å². The second-order valence-corrected chi connectivity index (χ2v) is 8.18. The van der Waals surface area contributed by atoms with Gasteiger partial charge in [-0.05, 0) is 34.6 Å². The molecule has 0 N–H and O–H groups in total. The first-order valence-corrected chi connectivity index (χ1v) is 10.0. The number of methoxy groups -OCH3 is 1. The average molecular weight is 372 g/mol. The molecule has 25 heavy (non-hydrogen) atoms. The molecule has 1 heterocycles. The molecule has 0 spiro atoms. The van der Waals surface area contributed by atoms with Gasteiger partial charge in [-0.1, -0.05) is 6.08 Å². The summed E-state index contributed by atoms with van der Waals surface area (Å²) in [7, 11) is 0.356. The Morgan fingerprint density at radius 1 is 1.36 bits per heavy atom. The largest absolute Gasteiger partial charge is 0.375 e. The van der Waals surface area contributed by atoms with Gasteiger partial charge in [-0.2, -0.15) is 5.26 Å². The summed E-state index contributed by atoms with van der Waals surface area (Å²) in [6.45, 7) is 14.7. The molecule has 0 saturated carbocycles. The normalized spacial score (nSPS) is 26.2. The predicted octanol–water partition coefficient (Wildman–Crippen LogP) is 4.03. The minimum atomic E-state index is -1.29. The van der Waals surface area contributed by atoms with Crippen molar-refractivity contribution in [2.24, 2.45) is 0 Å². The third-order valence-electron chi connectivity index (χ3n) is 4.04. The minimum absolute atomic E-state index is 0.0927. The first-order valence-electron chi connectivity index (χ1n) is 8.91. The van der Waals surface area contributed by atoms with Crippen LogP contribution in [0.5, 0.6) is 0 Å². The number of ether oxygens (including phenoxy) is 2. The molecule has 0 aromatic rings. The van der Waals surface area contributed by atoms with Gasteiger partial charge in [-0.3, -0.25) is 0 Å². The highest BCUT2D eigenvalue weighted by Crippen LogP contribution is 2.49. The molecule has 1 rings (SSSR count). The number of hydrogen-bond acceptors (Lipinski definition) is 6. The van der Waals surface area contributed by atoms with Gasteiger partial charge < -0.3 is 18.5 Å². The third kappa shape index (κ3) is 6.60. The van der Waals surface area contributed by atoms with E-state index in [1.54, 1.807) is 13.2 Å². The monoisotopic (exact) mass is 372 g/mol. The second-order valence-electron chi connectivity index (χ2n) is 6.77. The quantitative estimate of drug-likeness (QED) is 0.310. The summed E-state index contributed by atoms with van der Waals surface area (Å²) in [6.07, 6.45) is 2.41. The Labute approximate surface area is 154 Å². The summed E-state index contributed by atoms with van der Waals surface area (Å²) in [5, 5.41) is 8.81. The first-order chi connectivity index (χ1) is 11.8. The van der Waals surface area contributed by atoms with Crippen LogP contribution in [-0.2, 0) is 18.5 Å². The fourth-order valence-corrected chi connectivity index (χ4v) is 4.78. The van der Waals surface area contributed by atoms with Crippen LogP contribution in [0, 0.1) is 11.3 Å². The van der Waals surface area contributed by atoms with Gasteiger partial charge >= 0.3 is 0 Å². The summed E-state index contributed by atoms with van der Waals surface area (Å²) in [4.78, 5) is 0. The molecule has 0 radical (unpaired) electrons. The Kier molecular flexibility index (Phi) is 10.1. The van der Waals surface area contributed by atoms with Crippen molar-refractivity contribution in [1.82, 2.24) is 4.67 Å².